The Labute approximate surface area is 50.3 Å². The molecule has 0 aliphatic heterocycles. The molecule has 38 valence electrons. The molecule has 7 heavy (non-hydrogen) atoms. The van der Waals surface area contributed by atoms with Gasteiger partial charge in [-0.2, -0.15) is 4.37 Å². The van der Waals surface area contributed by atoms with Gasteiger partial charge in [0.1, 0.15) is 11.3 Å². The van der Waals surface area contributed by atoms with Crippen LogP contribution in [0.1, 0.15) is 5.01 Å². The maximum atomic E-state index is 5.38. The summed E-state index contributed by atoms with van der Waals surface area (Å²) in [6.45, 7) is 0. The Morgan fingerprint density at radius 3 is 3.00 bits per heavy atom. The van der Waals surface area contributed by atoms with E-state index in [2.05, 4.69) is 9.36 Å². The van der Waals surface area contributed by atoms with Crippen molar-refractivity contribution in [1.29, 1.82) is 0 Å². The fourth-order valence-electron chi connectivity index (χ4n) is 0.255. The van der Waals surface area contributed by atoms with Crippen LogP contribution < -0.4 is 0 Å². The minimum Gasteiger partial charge on any atom is -0.227 e. The molecule has 4 heteroatoms. The van der Waals surface area contributed by atoms with Gasteiger partial charge in [0.15, 0.2) is 0 Å². The molecule has 0 fully saturated rings. The minimum atomic E-state index is 0.477. The van der Waals surface area contributed by atoms with Gasteiger partial charge in [0.25, 0.3) is 0 Å². The number of rotatable bonds is 1. The summed E-state index contributed by atoms with van der Waals surface area (Å²) < 4.78 is 3.74. The van der Waals surface area contributed by atoms with Gasteiger partial charge < -0.3 is 0 Å². The van der Waals surface area contributed by atoms with Crippen molar-refractivity contribution in [3.63, 3.8) is 0 Å². The Balaban J connectivity index is 2.76. The molecule has 0 spiro atoms. The van der Waals surface area contributed by atoms with E-state index in [1.54, 1.807) is 0 Å². The highest BCUT2D eigenvalue weighted by molar-refractivity contribution is 7.05. The van der Waals surface area contributed by atoms with Crippen LogP contribution in [-0.4, -0.2) is 9.36 Å². The number of aromatic nitrogens is 2. The van der Waals surface area contributed by atoms with Crippen LogP contribution in [0.15, 0.2) is 6.33 Å². The van der Waals surface area contributed by atoms with E-state index in [0.717, 1.165) is 5.01 Å². The van der Waals surface area contributed by atoms with E-state index >= 15 is 0 Å². The zero-order chi connectivity index (χ0) is 5.11. The van der Waals surface area contributed by atoms with E-state index in [4.69, 9.17) is 11.6 Å². The lowest BCUT2D eigenvalue weighted by atomic mass is 10.8. The van der Waals surface area contributed by atoms with Crippen LogP contribution in [0.2, 0.25) is 0 Å². The molecular formula is C3H3ClN2S. The highest BCUT2D eigenvalue weighted by atomic mass is 35.5. The van der Waals surface area contributed by atoms with Crippen LogP contribution in [0.4, 0.5) is 0 Å². The Kier molecular flexibility index (Phi) is 1.59. The van der Waals surface area contributed by atoms with Gasteiger partial charge in [-0.1, -0.05) is 0 Å². The van der Waals surface area contributed by atoms with Crippen LogP contribution in [0.3, 0.4) is 0 Å². The first-order chi connectivity index (χ1) is 3.43. The zero-order valence-corrected chi connectivity index (χ0v) is 5.04. The third-order valence-corrected chi connectivity index (χ3v) is 1.59. The standard InChI is InChI=1S/C3H3ClN2S/c4-1-3-5-2-6-7-3/h2H,1H2. The minimum absolute atomic E-state index is 0.477. The highest BCUT2D eigenvalue weighted by Crippen LogP contribution is 2.01. The van der Waals surface area contributed by atoms with Crippen molar-refractivity contribution >= 4 is 23.1 Å². The van der Waals surface area contributed by atoms with Crippen molar-refractivity contribution in [1.82, 2.24) is 9.36 Å². The van der Waals surface area contributed by atoms with Crippen molar-refractivity contribution in [3.8, 4) is 0 Å². The first kappa shape index (κ1) is 5.00. The SMILES string of the molecule is ClCc1ncns1. The molecule has 0 saturated carbocycles. The number of halogens is 1. The molecule has 0 amide bonds. The molecule has 0 aromatic carbocycles. The predicted octanol–water partition coefficient (Wildman–Crippen LogP) is 1.28. The van der Waals surface area contributed by atoms with Gasteiger partial charge in [-0.3, -0.25) is 0 Å². The maximum Gasteiger partial charge on any atom is 0.129 e. The summed E-state index contributed by atoms with van der Waals surface area (Å²) in [6.07, 6.45) is 1.50. The van der Waals surface area contributed by atoms with E-state index in [1.807, 2.05) is 0 Å². The molecular weight excluding hydrogens is 132 g/mol. The third kappa shape index (κ3) is 1.11. The van der Waals surface area contributed by atoms with E-state index < -0.39 is 0 Å². The maximum absolute atomic E-state index is 5.38. The first-order valence-electron chi connectivity index (χ1n) is 1.75. The van der Waals surface area contributed by atoms with Gasteiger partial charge >= 0.3 is 0 Å². The summed E-state index contributed by atoms with van der Waals surface area (Å²) in [5.74, 6) is 0.477. The number of hydrogen-bond acceptors (Lipinski definition) is 3. The fourth-order valence-corrected chi connectivity index (χ4v) is 0.829. The van der Waals surface area contributed by atoms with Crippen molar-refractivity contribution in [2.75, 3.05) is 0 Å². The van der Waals surface area contributed by atoms with Crippen LogP contribution in [0, 0.1) is 0 Å². The summed E-state index contributed by atoms with van der Waals surface area (Å²) in [4.78, 5) is 3.81. The molecule has 1 aromatic rings. The van der Waals surface area contributed by atoms with Crippen LogP contribution in [-0.2, 0) is 5.88 Å². The smallest absolute Gasteiger partial charge is 0.129 e. The topological polar surface area (TPSA) is 25.8 Å². The molecule has 0 aliphatic rings. The van der Waals surface area contributed by atoms with E-state index in [0.29, 0.717) is 5.88 Å². The molecule has 2 nitrogen and oxygen atoms in total. The van der Waals surface area contributed by atoms with Gasteiger partial charge in [0.05, 0.1) is 5.88 Å². The van der Waals surface area contributed by atoms with Gasteiger partial charge in [-0.15, -0.1) is 11.6 Å². The normalized spacial score (nSPS) is 9.29. The molecule has 0 radical (unpaired) electrons. The first-order valence-corrected chi connectivity index (χ1v) is 3.06. The van der Waals surface area contributed by atoms with Crippen molar-refractivity contribution < 1.29 is 0 Å². The van der Waals surface area contributed by atoms with Crippen LogP contribution in [0.5, 0.6) is 0 Å². The lowest BCUT2D eigenvalue weighted by Crippen LogP contribution is -1.67. The summed E-state index contributed by atoms with van der Waals surface area (Å²) in [5, 5.41) is 0.877. The Morgan fingerprint density at radius 1 is 1.86 bits per heavy atom. The lowest BCUT2D eigenvalue weighted by molar-refractivity contribution is 1.23. The zero-order valence-electron chi connectivity index (χ0n) is 3.47. The second kappa shape index (κ2) is 2.23. The van der Waals surface area contributed by atoms with Gasteiger partial charge in [-0.05, 0) is 11.5 Å². The van der Waals surface area contributed by atoms with Gasteiger partial charge in [0, 0.05) is 0 Å². The Morgan fingerprint density at radius 2 is 2.71 bits per heavy atom. The summed E-state index contributed by atoms with van der Waals surface area (Å²) in [6, 6.07) is 0. The molecule has 0 saturated heterocycles. The third-order valence-electron chi connectivity index (χ3n) is 0.521. The van der Waals surface area contributed by atoms with Crippen LogP contribution in [0.25, 0.3) is 0 Å². The van der Waals surface area contributed by atoms with E-state index in [1.165, 1.54) is 17.9 Å². The van der Waals surface area contributed by atoms with E-state index in [-0.39, 0.29) is 0 Å². The second-order valence-electron chi connectivity index (χ2n) is 0.969. The number of hydrogen-bond donors (Lipinski definition) is 0. The summed E-state index contributed by atoms with van der Waals surface area (Å²) in [7, 11) is 0. The quantitative estimate of drug-likeness (QED) is 0.541. The second-order valence-corrected chi connectivity index (χ2v) is 2.10. The Bertz CT molecular complexity index is 127. The Hall–Kier alpha value is -0.150. The molecule has 0 atom stereocenters. The largest absolute Gasteiger partial charge is 0.227 e. The highest BCUT2D eigenvalue weighted by Gasteiger charge is 1.88. The number of nitrogens with zero attached hydrogens (tertiary/aromatic N) is 2. The molecule has 0 bridgehead atoms. The molecule has 0 aliphatic carbocycles. The fraction of sp³-hybridized carbons (Fsp3) is 0.333. The van der Waals surface area contributed by atoms with Crippen LogP contribution >= 0.6 is 23.1 Å². The molecule has 0 unspecified atom stereocenters. The molecule has 1 rings (SSSR count). The predicted molar refractivity (Wildman–Crippen MR) is 29.5 cm³/mol. The van der Waals surface area contributed by atoms with E-state index in [9.17, 15) is 0 Å². The summed E-state index contributed by atoms with van der Waals surface area (Å²) >= 11 is 6.71. The average molecular weight is 135 g/mol. The molecule has 1 aromatic heterocycles. The lowest BCUT2D eigenvalue weighted by Gasteiger charge is -1.72. The molecule has 0 N–H and O–H groups in total. The van der Waals surface area contributed by atoms with Gasteiger partial charge in [-0.25, -0.2) is 4.98 Å². The van der Waals surface area contributed by atoms with Crippen molar-refractivity contribution in [3.05, 3.63) is 11.3 Å². The summed E-state index contributed by atoms with van der Waals surface area (Å²) in [5.41, 5.74) is 0. The van der Waals surface area contributed by atoms with Crippen molar-refractivity contribution in [2.45, 2.75) is 5.88 Å². The monoisotopic (exact) mass is 134 g/mol. The van der Waals surface area contributed by atoms with Crippen molar-refractivity contribution in [2.24, 2.45) is 0 Å². The number of alkyl halides is 1. The van der Waals surface area contributed by atoms with Gasteiger partial charge in [0.2, 0.25) is 0 Å². The molecule has 1 heterocycles. The average Bonchev–Trinajstić information content (AvgIpc) is 2.14.